The highest BCUT2D eigenvalue weighted by molar-refractivity contribution is 9.10. The first kappa shape index (κ1) is 14.5. The van der Waals surface area contributed by atoms with E-state index in [1.807, 2.05) is 0 Å². The molecule has 21 heavy (non-hydrogen) atoms. The summed E-state index contributed by atoms with van der Waals surface area (Å²) in [6, 6.07) is 3.42. The van der Waals surface area contributed by atoms with E-state index in [0.29, 0.717) is 17.4 Å². The van der Waals surface area contributed by atoms with Crippen LogP contribution in [0.4, 0.5) is 10.1 Å². The molecule has 2 saturated heterocycles. The number of rotatable bonds is 1. The molecule has 3 rings (SSSR count). The molecule has 0 aromatic heterocycles. The van der Waals surface area contributed by atoms with Crippen molar-refractivity contribution in [3.63, 3.8) is 0 Å². The molecule has 2 aliphatic heterocycles. The van der Waals surface area contributed by atoms with Crippen molar-refractivity contribution in [1.29, 1.82) is 0 Å². The number of hydrogen-bond donors (Lipinski definition) is 0. The summed E-state index contributed by atoms with van der Waals surface area (Å²) in [6.07, 6.45) is 2.49. The molecule has 0 radical (unpaired) electrons. The van der Waals surface area contributed by atoms with Crippen molar-refractivity contribution in [2.45, 2.75) is 38.3 Å². The number of carbonyl (C=O) groups is 2. The van der Waals surface area contributed by atoms with Gasteiger partial charge < -0.3 is 4.90 Å². The van der Waals surface area contributed by atoms with Crippen LogP contribution in [0.3, 0.4) is 0 Å². The minimum atomic E-state index is -0.681. The summed E-state index contributed by atoms with van der Waals surface area (Å²) in [4.78, 5) is 28.2. The van der Waals surface area contributed by atoms with E-state index in [1.165, 1.54) is 11.0 Å². The van der Waals surface area contributed by atoms with Gasteiger partial charge in [-0.3, -0.25) is 14.5 Å². The van der Waals surface area contributed by atoms with Crippen LogP contribution in [0.15, 0.2) is 22.7 Å². The number of para-hydroxylation sites is 1. The first-order valence-corrected chi connectivity index (χ1v) is 7.89. The molecule has 2 amide bonds. The maximum absolute atomic E-state index is 14.2. The first-order valence-electron chi connectivity index (χ1n) is 7.10. The molecule has 0 spiro atoms. The molecule has 2 atom stereocenters. The SMILES string of the molecule is CC1C(=O)N2CCCCC2C(=O)N1c1c(F)cccc1Br. The van der Waals surface area contributed by atoms with Crippen LogP contribution >= 0.6 is 15.9 Å². The van der Waals surface area contributed by atoms with Crippen LogP contribution in [0.25, 0.3) is 0 Å². The molecule has 0 aliphatic carbocycles. The lowest BCUT2D eigenvalue weighted by Crippen LogP contribution is -2.65. The molecule has 0 bridgehead atoms. The fourth-order valence-corrected chi connectivity index (χ4v) is 3.71. The topological polar surface area (TPSA) is 40.6 Å². The van der Waals surface area contributed by atoms with E-state index in [4.69, 9.17) is 0 Å². The number of hydrogen-bond acceptors (Lipinski definition) is 2. The molecular formula is C15H16BrFN2O2. The van der Waals surface area contributed by atoms with Gasteiger partial charge in [-0.15, -0.1) is 0 Å². The van der Waals surface area contributed by atoms with Crippen molar-refractivity contribution in [2.75, 3.05) is 11.4 Å². The van der Waals surface area contributed by atoms with Gasteiger partial charge in [0.15, 0.2) is 0 Å². The van der Waals surface area contributed by atoms with Crippen molar-refractivity contribution in [2.24, 2.45) is 0 Å². The number of amides is 2. The Hall–Kier alpha value is -1.43. The Bertz CT molecular complexity index is 587. The molecule has 6 heteroatoms. The highest BCUT2D eigenvalue weighted by Gasteiger charge is 2.46. The molecule has 4 nitrogen and oxygen atoms in total. The fourth-order valence-electron chi connectivity index (χ4n) is 3.18. The Morgan fingerprint density at radius 3 is 2.71 bits per heavy atom. The zero-order chi connectivity index (χ0) is 15.1. The molecule has 2 unspecified atom stereocenters. The zero-order valence-corrected chi connectivity index (χ0v) is 13.3. The van der Waals surface area contributed by atoms with Crippen molar-refractivity contribution < 1.29 is 14.0 Å². The number of carbonyl (C=O) groups excluding carboxylic acids is 2. The third-order valence-electron chi connectivity index (χ3n) is 4.23. The summed E-state index contributed by atoms with van der Waals surface area (Å²) in [7, 11) is 0. The second-order valence-electron chi connectivity index (χ2n) is 5.50. The number of anilines is 1. The van der Waals surface area contributed by atoms with Crippen LogP contribution in [-0.4, -0.2) is 35.3 Å². The summed E-state index contributed by atoms with van der Waals surface area (Å²) in [5.74, 6) is -0.788. The predicted molar refractivity (Wildman–Crippen MR) is 80.4 cm³/mol. The Labute approximate surface area is 131 Å². The van der Waals surface area contributed by atoms with Crippen LogP contribution in [0.5, 0.6) is 0 Å². The van der Waals surface area contributed by atoms with Gasteiger partial charge in [0.25, 0.3) is 5.91 Å². The summed E-state index contributed by atoms with van der Waals surface area (Å²) >= 11 is 3.29. The molecule has 2 fully saturated rings. The van der Waals surface area contributed by atoms with E-state index in [0.717, 1.165) is 12.8 Å². The van der Waals surface area contributed by atoms with Crippen LogP contribution in [0.2, 0.25) is 0 Å². The van der Waals surface area contributed by atoms with Crippen LogP contribution in [-0.2, 0) is 9.59 Å². The minimum Gasteiger partial charge on any atom is -0.329 e. The second-order valence-corrected chi connectivity index (χ2v) is 6.35. The monoisotopic (exact) mass is 354 g/mol. The van der Waals surface area contributed by atoms with Crippen LogP contribution in [0.1, 0.15) is 26.2 Å². The van der Waals surface area contributed by atoms with E-state index in [-0.39, 0.29) is 17.5 Å². The standard InChI is InChI=1S/C15H16BrFN2O2/c1-9-14(20)18-8-3-2-7-12(18)15(21)19(9)13-10(16)5-4-6-11(13)17/h4-6,9,12H,2-3,7-8H2,1H3. The maximum atomic E-state index is 14.2. The Morgan fingerprint density at radius 1 is 1.24 bits per heavy atom. The highest BCUT2D eigenvalue weighted by atomic mass is 79.9. The number of halogens is 2. The smallest absolute Gasteiger partial charge is 0.250 e. The molecule has 1 aromatic carbocycles. The van der Waals surface area contributed by atoms with Crippen LogP contribution in [0, 0.1) is 5.82 Å². The van der Waals surface area contributed by atoms with E-state index >= 15 is 0 Å². The van der Waals surface area contributed by atoms with E-state index in [9.17, 15) is 14.0 Å². The van der Waals surface area contributed by atoms with E-state index in [1.54, 1.807) is 24.0 Å². The van der Waals surface area contributed by atoms with Gasteiger partial charge >= 0.3 is 0 Å². The second kappa shape index (κ2) is 5.40. The Morgan fingerprint density at radius 2 is 2.00 bits per heavy atom. The largest absolute Gasteiger partial charge is 0.329 e. The fraction of sp³-hybridized carbons (Fsp3) is 0.467. The van der Waals surface area contributed by atoms with Gasteiger partial charge in [-0.1, -0.05) is 6.07 Å². The van der Waals surface area contributed by atoms with Gasteiger partial charge in [0, 0.05) is 11.0 Å². The number of nitrogens with zero attached hydrogens (tertiary/aromatic N) is 2. The van der Waals surface area contributed by atoms with Gasteiger partial charge in [-0.2, -0.15) is 0 Å². The summed E-state index contributed by atoms with van der Waals surface area (Å²) in [6.45, 7) is 2.27. The summed E-state index contributed by atoms with van der Waals surface area (Å²) in [5.41, 5.74) is 0.161. The lowest BCUT2D eigenvalue weighted by molar-refractivity contribution is -0.147. The Kier molecular flexibility index (Phi) is 3.73. The molecule has 1 aromatic rings. The van der Waals surface area contributed by atoms with E-state index in [2.05, 4.69) is 15.9 Å². The maximum Gasteiger partial charge on any atom is 0.250 e. The zero-order valence-electron chi connectivity index (χ0n) is 11.7. The normalized spacial score (nSPS) is 26.0. The van der Waals surface area contributed by atoms with Gasteiger partial charge in [-0.05, 0) is 54.2 Å². The van der Waals surface area contributed by atoms with Gasteiger partial charge in [0.1, 0.15) is 17.9 Å². The molecule has 112 valence electrons. The van der Waals surface area contributed by atoms with E-state index < -0.39 is 17.9 Å². The lowest BCUT2D eigenvalue weighted by atomic mass is 9.95. The lowest BCUT2D eigenvalue weighted by Gasteiger charge is -2.46. The van der Waals surface area contributed by atoms with Crippen molar-refractivity contribution in [1.82, 2.24) is 4.90 Å². The predicted octanol–water partition coefficient (Wildman–Crippen LogP) is 2.70. The third-order valence-corrected chi connectivity index (χ3v) is 4.87. The molecule has 0 saturated carbocycles. The van der Waals surface area contributed by atoms with Crippen molar-refractivity contribution >= 4 is 33.4 Å². The molecule has 2 heterocycles. The van der Waals surface area contributed by atoms with Gasteiger partial charge in [-0.25, -0.2) is 4.39 Å². The number of benzene rings is 1. The van der Waals surface area contributed by atoms with Crippen molar-refractivity contribution in [3.05, 3.63) is 28.5 Å². The summed E-state index contributed by atoms with van der Waals surface area (Å²) < 4.78 is 14.7. The number of piperazine rings is 1. The number of piperidine rings is 1. The van der Waals surface area contributed by atoms with Gasteiger partial charge in [0.05, 0.1) is 5.69 Å². The highest BCUT2D eigenvalue weighted by Crippen LogP contribution is 2.35. The van der Waals surface area contributed by atoms with Crippen molar-refractivity contribution in [3.8, 4) is 0 Å². The third kappa shape index (κ3) is 2.25. The first-order chi connectivity index (χ1) is 10.0. The van der Waals surface area contributed by atoms with Gasteiger partial charge in [0.2, 0.25) is 5.91 Å². The average Bonchev–Trinajstić information content (AvgIpc) is 2.48. The Balaban J connectivity index is 2.05. The molecular weight excluding hydrogens is 339 g/mol. The quantitative estimate of drug-likeness (QED) is 0.777. The minimum absolute atomic E-state index is 0.102. The number of fused-ring (bicyclic) bond motifs is 1. The van der Waals surface area contributed by atoms with Crippen LogP contribution < -0.4 is 4.90 Å². The average molecular weight is 355 g/mol. The molecule has 2 aliphatic rings. The summed E-state index contributed by atoms with van der Waals surface area (Å²) in [5, 5.41) is 0. The molecule has 0 N–H and O–H groups in total.